The summed E-state index contributed by atoms with van der Waals surface area (Å²) >= 11 is 11.6. The second-order valence-corrected chi connectivity index (χ2v) is 4.80. The number of halogens is 2. The lowest BCUT2D eigenvalue weighted by atomic mass is 10.0. The maximum Gasteiger partial charge on any atom is 0.319 e. The van der Waals surface area contributed by atoms with E-state index in [0.29, 0.717) is 10.7 Å². The van der Waals surface area contributed by atoms with E-state index in [0.717, 1.165) is 0 Å². The van der Waals surface area contributed by atoms with Gasteiger partial charge in [0.25, 0.3) is 0 Å². The molecule has 0 spiro atoms. The van der Waals surface area contributed by atoms with E-state index < -0.39 is 31.4 Å². The third kappa shape index (κ3) is 4.22. The van der Waals surface area contributed by atoms with Gasteiger partial charge in [0.05, 0.1) is 30.5 Å². The average Bonchev–Trinajstić information content (AvgIpc) is 2.39. The van der Waals surface area contributed by atoms with E-state index in [9.17, 15) is 4.79 Å². The van der Waals surface area contributed by atoms with Crippen molar-refractivity contribution in [1.82, 2.24) is 5.32 Å². The van der Waals surface area contributed by atoms with Crippen LogP contribution in [-0.2, 0) is 0 Å². The molecule has 0 saturated carbocycles. The molecule has 0 unspecified atom stereocenters. The van der Waals surface area contributed by atoms with Crippen LogP contribution in [0.25, 0.3) is 0 Å². The largest absolute Gasteiger partial charge is 0.394 e. The molecule has 106 valence electrons. The van der Waals surface area contributed by atoms with Crippen LogP contribution in [0.5, 0.6) is 0 Å². The fraction of sp³-hybridized carbons (Fsp3) is 0.364. The molecule has 5 N–H and O–H groups in total. The number of anilines is 1. The zero-order valence-electron chi connectivity index (χ0n) is 9.86. The number of carbonyl (C=O) groups excluding carboxylic acids is 1. The highest BCUT2D eigenvalue weighted by Gasteiger charge is 2.30. The van der Waals surface area contributed by atoms with E-state index in [-0.39, 0.29) is 5.02 Å². The summed E-state index contributed by atoms with van der Waals surface area (Å²) in [6.45, 7) is -1.83. The van der Waals surface area contributed by atoms with Gasteiger partial charge in [-0.1, -0.05) is 23.2 Å². The van der Waals surface area contributed by atoms with Gasteiger partial charge in [0, 0.05) is 5.02 Å². The van der Waals surface area contributed by atoms with Crippen LogP contribution < -0.4 is 10.6 Å². The van der Waals surface area contributed by atoms with Crippen molar-refractivity contribution in [3.63, 3.8) is 0 Å². The van der Waals surface area contributed by atoms with Crippen LogP contribution >= 0.6 is 23.2 Å². The van der Waals surface area contributed by atoms with Crippen LogP contribution in [0.1, 0.15) is 0 Å². The summed E-state index contributed by atoms with van der Waals surface area (Å²) in [6, 6.07) is 3.78. The van der Waals surface area contributed by atoms with Crippen LogP contribution in [0.2, 0.25) is 10.0 Å². The van der Waals surface area contributed by atoms with Crippen LogP contribution in [0.15, 0.2) is 18.2 Å². The number of hydrogen-bond acceptors (Lipinski definition) is 4. The fourth-order valence-electron chi connectivity index (χ4n) is 1.25. The van der Waals surface area contributed by atoms with Crippen molar-refractivity contribution in [2.45, 2.75) is 5.54 Å². The minimum Gasteiger partial charge on any atom is -0.394 e. The van der Waals surface area contributed by atoms with E-state index in [1.54, 1.807) is 6.07 Å². The van der Waals surface area contributed by atoms with Gasteiger partial charge in [0.15, 0.2) is 0 Å². The lowest BCUT2D eigenvalue weighted by molar-refractivity contribution is 0.0507. The number of nitrogens with one attached hydrogen (secondary N) is 2. The predicted molar refractivity (Wildman–Crippen MR) is 72.6 cm³/mol. The first kappa shape index (κ1) is 16.0. The average molecular weight is 309 g/mol. The van der Waals surface area contributed by atoms with Crippen molar-refractivity contribution in [2.75, 3.05) is 25.1 Å². The van der Waals surface area contributed by atoms with Gasteiger partial charge in [-0.3, -0.25) is 0 Å². The number of amides is 2. The summed E-state index contributed by atoms with van der Waals surface area (Å²) in [5, 5.41) is 32.6. The highest BCUT2D eigenvalue weighted by Crippen LogP contribution is 2.25. The molecule has 6 nitrogen and oxygen atoms in total. The van der Waals surface area contributed by atoms with Crippen LogP contribution in [0.3, 0.4) is 0 Å². The minimum atomic E-state index is -1.50. The Morgan fingerprint density at radius 1 is 1.16 bits per heavy atom. The minimum absolute atomic E-state index is 0.241. The summed E-state index contributed by atoms with van der Waals surface area (Å²) < 4.78 is 0. The van der Waals surface area contributed by atoms with E-state index in [1.165, 1.54) is 12.1 Å². The first-order valence-corrected chi connectivity index (χ1v) is 6.09. The number of hydrogen-bond donors (Lipinski definition) is 5. The van der Waals surface area contributed by atoms with Crippen molar-refractivity contribution in [3.05, 3.63) is 28.2 Å². The topological polar surface area (TPSA) is 102 Å². The van der Waals surface area contributed by atoms with Crippen molar-refractivity contribution < 1.29 is 20.1 Å². The highest BCUT2D eigenvalue weighted by molar-refractivity contribution is 6.36. The fourth-order valence-corrected chi connectivity index (χ4v) is 1.71. The Morgan fingerprint density at radius 2 is 1.74 bits per heavy atom. The van der Waals surface area contributed by atoms with Crippen LogP contribution in [-0.4, -0.2) is 46.7 Å². The SMILES string of the molecule is O=C(Nc1ccc(Cl)cc1Cl)NC(CO)(CO)CO. The molecular formula is C11H14Cl2N2O4. The Labute approximate surface area is 120 Å². The van der Waals surface area contributed by atoms with Gasteiger partial charge in [-0.05, 0) is 18.2 Å². The molecule has 0 aliphatic rings. The first-order chi connectivity index (χ1) is 8.96. The maximum atomic E-state index is 11.7. The van der Waals surface area contributed by atoms with Crippen molar-refractivity contribution in [2.24, 2.45) is 0 Å². The molecular weight excluding hydrogens is 295 g/mol. The molecule has 0 aromatic heterocycles. The molecule has 1 aromatic rings. The van der Waals surface area contributed by atoms with Crippen LogP contribution in [0, 0.1) is 0 Å². The molecule has 0 radical (unpaired) electrons. The summed E-state index contributed by atoms with van der Waals surface area (Å²) in [6.07, 6.45) is 0. The van der Waals surface area contributed by atoms with Crippen molar-refractivity contribution >= 4 is 34.9 Å². The van der Waals surface area contributed by atoms with Gasteiger partial charge in [-0.25, -0.2) is 4.79 Å². The van der Waals surface area contributed by atoms with Gasteiger partial charge >= 0.3 is 6.03 Å². The highest BCUT2D eigenvalue weighted by atomic mass is 35.5. The third-order valence-electron chi connectivity index (χ3n) is 2.47. The van der Waals surface area contributed by atoms with Crippen molar-refractivity contribution in [1.29, 1.82) is 0 Å². The second kappa shape index (κ2) is 6.93. The monoisotopic (exact) mass is 308 g/mol. The molecule has 0 aliphatic carbocycles. The van der Waals surface area contributed by atoms with Crippen LogP contribution in [0.4, 0.5) is 10.5 Å². The third-order valence-corrected chi connectivity index (χ3v) is 3.01. The zero-order chi connectivity index (χ0) is 14.5. The molecule has 1 aromatic carbocycles. The number of aliphatic hydroxyl groups excluding tert-OH is 3. The van der Waals surface area contributed by atoms with Gasteiger partial charge < -0.3 is 26.0 Å². The smallest absolute Gasteiger partial charge is 0.319 e. The summed E-state index contributed by atoms with van der Waals surface area (Å²) in [5.74, 6) is 0. The van der Waals surface area contributed by atoms with E-state index in [4.69, 9.17) is 38.5 Å². The maximum absolute atomic E-state index is 11.7. The molecule has 0 atom stereocenters. The summed E-state index contributed by atoms with van der Waals surface area (Å²) in [7, 11) is 0. The normalized spacial score (nSPS) is 11.2. The molecule has 8 heteroatoms. The quantitative estimate of drug-likeness (QED) is 0.556. The lowest BCUT2D eigenvalue weighted by Gasteiger charge is -2.28. The molecule has 19 heavy (non-hydrogen) atoms. The lowest BCUT2D eigenvalue weighted by Crippen LogP contribution is -2.58. The summed E-state index contributed by atoms with van der Waals surface area (Å²) in [4.78, 5) is 11.7. The van der Waals surface area contributed by atoms with E-state index in [1.807, 2.05) is 0 Å². The number of rotatable bonds is 5. The molecule has 0 aliphatic heterocycles. The van der Waals surface area contributed by atoms with Gasteiger partial charge in [0.1, 0.15) is 5.54 Å². The standard InChI is InChI=1S/C11H14Cl2N2O4/c12-7-1-2-9(8(13)3-7)14-10(19)15-11(4-16,5-17)6-18/h1-3,16-18H,4-6H2,(H2,14,15,19). The molecule has 0 heterocycles. The molecule has 0 fully saturated rings. The number of urea groups is 1. The summed E-state index contributed by atoms with van der Waals surface area (Å²) in [5.41, 5.74) is -1.19. The molecule has 0 saturated heterocycles. The molecule has 2 amide bonds. The van der Waals surface area contributed by atoms with Gasteiger partial charge in [-0.2, -0.15) is 0 Å². The first-order valence-electron chi connectivity index (χ1n) is 5.33. The number of carbonyl (C=O) groups is 1. The Kier molecular flexibility index (Phi) is 5.84. The number of aliphatic hydroxyl groups is 3. The van der Waals surface area contributed by atoms with Gasteiger partial charge in [-0.15, -0.1) is 0 Å². The van der Waals surface area contributed by atoms with E-state index in [2.05, 4.69) is 10.6 Å². The Morgan fingerprint density at radius 3 is 2.21 bits per heavy atom. The Balaban J connectivity index is 2.74. The van der Waals surface area contributed by atoms with Crippen molar-refractivity contribution in [3.8, 4) is 0 Å². The molecule has 0 bridgehead atoms. The second-order valence-electron chi connectivity index (χ2n) is 3.96. The zero-order valence-corrected chi connectivity index (χ0v) is 11.4. The molecule has 1 rings (SSSR count). The number of benzene rings is 1. The predicted octanol–water partition coefficient (Wildman–Crippen LogP) is 0.831. The van der Waals surface area contributed by atoms with Gasteiger partial charge in [0.2, 0.25) is 0 Å². The Bertz CT molecular complexity index is 444. The van der Waals surface area contributed by atoms with E-state index >= 15 is 0 Å². The Hall–Kier alpha value is -1.05.